The molecule has 1 heterocycles. The van der Waals surface area contributed by atoms with Gasteiger partial charge in [-0.2, -0.15) is 13.2 Å². The van der Waals surface area contributed by atoms with E-state index in [1.807, 2.05) is 20.8 Å². The molecule has 0 spiro atoms. The van der Waals surface area contributed by atoms with Crippen molar-refractivity contribution in [2.75, 3.05) is 30.3 Å². The molecule has 0 bridgehead atoms. The Labute approximate surface area is 168 Å². The third-order valence-electron chi connectivity index (χ3n) is 4.42. The molecule has 0 radical (unpaired) electrons. The van der Waals surface area contributed by atoms with Crippen LogP contribution in [-0.2, 0) is 9.53 Å². The number of para-hydroxylation sites is 2. The van der Waals surface area contributed by atoms with Crippen molar-refractivity contribution in [1.82, 2.24) is 4.90 Å². The number of halogens is 3. The second-order valence-electron chi connectivity index (χ2n) is 8.18. The van der Waals surface area contributed by atoms with Crippen LogP contribution in [0.4, 0.5) is 29.3 Å². The van der Waals surface area contributed by atoms with Crippen LogP contribution in [0.25, 0.3) is 0 Å². The first-order chi connectivity index (χ1) is 13.4. The molecule has 2 amide bonds. The minimum absolute atomic E-state index is 0.101. The van der Waals surface area contributed by atoms with E-state index in [1.165, 1.54) is 6.07 Å². The monoisotopic (exact) mass is 415 g/mol. The fourth-order valence-electron chi connectivity index (χ4n) is 3.05. The lowest BCUT2D eigenvalue weighted by Gasteiger charge is -2.33. The number of rotatable bonds is 5. The Morgan fingerprint density at radius 1 is 1.10 bits per heavy atom. The van der Waals surface area contributed by atoms with Crippen molar-refractivity contribution in [3.05, 3.63) is 24.3 Å². The van der Waals surface area contributed by atoms with Crippen LogP contribution in [0.1, 0.15) is 40.0 Å². The van der Waals surface area contributed by atoms with E-state index in [9.17, 15) is 22.8 Å². The van der Waals surface area contributed by atoms with Gasteiger partial charge in [0.2, 0.25) is 5.91 Å². The largest absolute Gasteiger partial charge is 0.444 e. The number of nitrogens with one attached hydrogen (secondary N) is 2. The first-order valence-electron chi connectivity index (χ1n) is 9.60. The van der Waals surface area contributed by atoms with E-state index < -0.39 is 18.3 Å². The zero-order chi connectivity index (χ0) is 21.7. The van der Waals surface area contributed by atoms with Gasteiger partial charge in [0.05, 0.1) is 11.4 Å². The highest BCUT2D eigenvalue weighted by Gasteiger charge is 2.29. The molecule has 1 aliphatic heterocycles. The number of alkyl halides is 3. The summed E-state index contributed by atoms with van der Waals surface area (Å²) in [6, 6.07) is 6.29. The number of piperidine rings is 1. The van der Waals surface area contributed by atoms with E-state index >= 15 is 0 Å². The lowest BCUT2D eigenvalue weighted by molar-refractivity contribution is -0.117. The number of benzene rings is 1. The minimum Gasteiger partial charge on any atom is -0.444 e. The van der Waals surface area contributed by atoms with Gasteiger partial charge in [0.1, 0.15) is 12.1 Å². The predicted octanol–water partition coefficient (Wildman–Crippen LogP) is 4.64. The second-order valence-corrected chi connectivity index (χ2v) is 8.18. The molecular formula is C20H28F3N3O3. The third kappa shape index (κ3) is 8.21. The van der Waals surface area contributed by atoms with Crippen molar-refractivity contribution < 1.29 is 27.5 Å². The molecule has 2 rings (SSSR count). The molecule has 2 N–H and O–H groups in total. The topological polar surface area (TPSA) is 70.7 Å². The van der Waals surface area contributed by atoms with Crippen molar-refractivity contribution in [2.45, 2.75) is 51.8 Å². The van der Waals surface area contributed by atoms with Gasteiger partial charge in [-0.3, -0.25) is 4.79 Å². The molecule has 1 saturated heterocycles. The number of hydrogen-bond acceptors (Lipinski definition) is 4. The maximum Gasteiger partial charge on any atom is 0.410 e. The fraction of sp³-hybridized carbons (Fsp3) is 0.600. The summed E-state index contributed by atoms with van der Waals surface area (Å²) in [5, 5.41) is 4.99. The van der Waals surface area contributed by atoms with E-state index in [4.69, 9.17) is 4.74 Å². The molecule has 0 saturated carbocycles. The van der Waals surface area contributed by atoms with E-state index in [-0.39, 0.29) is 30.0 Å². The van der Waals surface area contributed by atoms with E-state index in [1.54, 1.807) is 23.1 Å². The van der Waals surface area contributed by atoms with E-state index in [2.05, 4.69) is 10.6 Å². The third-order valence-corrected chi connectivity index (χ3v) is 4.42. The summed E-state index contributed by atoms with van der Waals surface area (Å²) in [6.45, 7) is 5.27. The summed E-state index contributed by atoms with van der Waals surface area (Å²) in [6.07, 6.45) is -3.12. The number of carbonyl (C=O) groups excluding carboxylic acids is 2. The van der Waals surface area contributed by atoms with Gasteiger partial charge >= 0.3 is 12.3 Å². The number of carbonyl (C=O) groups is 2. The zero-order valence-corrected chi connectivity index (χ0v) is 16.9. The van der Waals surface area contributed by atoms with Gasteiger partial charge in [0.15, 0.2) is 0 Å². The maximum atomic E-state index is 12.4. The first kappa shape index (κ1) is 22.8. The Balaban J connectivity index is 1.83. The number of ether oxygens (including phenoxy) is 1. The SMILES string of the molecule is CC(C)(C)OC(=O)N1CCC(CC(=O)Nc2ccccc2NCC(F)(F)F)CC1. The summed E-state index contributed by atoms with van der Waals surface area (Å²) >= 11 is 0. The van der Waals surface area contributed by atoms with Gasteiger partial charge in [0.25, 0.3) is 0 Å². The quantitative estimate of drug-likeness (QED) is 0.735. The second kappa shape index (κ2) is 9.37. The van der Waals surface area contributed by atoms with Gasteiger partial charge in [0, 0.05) is 19.5 Å². The molecule has 0 aromatic heterocycles. The number of hydrogen-bond donors (Lipinski definition) is 2. The van der Waals surface area contributed by atoms with Crippen LogP contribution in [0.5, 0.6) is 0 Å². The van der Waals surface area contributed by atoms with Crippen molar-refractivity contribution in [1.29, 1.82) is 0 Å². The molecule has 0 atom stereocenters. The van der Waals surface area contributed by atoms with Crippen LogP contribution >= 0.6 is 0 Å². The van der Waals surface area contributed by atoms with Gasteiger partial charge in [-0.05, 0) is 51.7 Å². The summed E-state index contributed by atoms with van der Waals surface area (Å²) in [7, 11) is 0. The molecule has 1 aromatic carbocycles. The molecular weight excluding hydrogens is 387 g/mol. The number of likely N-dealkylation sites (tertiary alicyclic amines) is 1. The molecule has 0 aliphatic carbocycles. The molecule has 0 unspecified atom stereocenters. The predicted molar refractivity (Wildman–Crippen MR) is 105 cm³/mol. The first-order valence-corrected chi connectivity index (χ1v) is 9.60. The highest BCUT2D eigenvalue weighted by atomic mass is 19.4. The normalized spacial score (nSPS) is 15.7. The van der Waals surface area contributed by atoms with Crippen LogP contribution in [-0.4, -0.2) is 48.3 Å². The molecule has 1 fully saturated rings. The lowest BCUT2D eigenvalue weighted by Crippen LogP contribution is -2.42. The highest BCUT2D eigenvalue weighted by Crippen LogP contribution is 2.26. The smallest absolute Gasteiger partial charge is 0.410 e. The Kier molecular flexibility index (Phi) is 7.37. The minimum atomic E-state index is -4.35. The molecule has 9 heteroatoms. The number of nitrogens with zero attached hydrogens (tertiary/aromatic N) is 1. The van der Waals surface area contributed by atoms with Crippen LogP contribution in [0.15, 0.2) is 24.3 Å². The summed E-state index contributed by atoms with van der Waals surface area (Å²) < 4.78 is 42.7. The van der Waals surface area contributed by atoms with E-state index in [0.717, 1.165) is 0 Å². The van der Waals surface area contributed by atoms with E-state index in [0.29, 0.717) is 31.6 Å². The maximum absolute atomic E-state index is 12.4. The molecule has 6 nitrogen and oxygen atoms in total. The average molecular weight is 415 g/mol. The van der Waals surface area contributed by atoms with Gasteiger partial charge in [-0.25, -0.2) is 4.79 Å². The lowest BCUT2D eigenvalue weighted by atomic mass is 9.93. The van der Waals surface area contributed by atoms with Gasteiger partial charge in [-0.15, -0.1) is 0 Å². The van der Waals surface area contributed by atoms with Crippen LogP contribution in [0.2, 0.25) is 0 Å². The Bertz CT molecular complexity index is 709. The van der Waals surface area contributed by atoms with Crippen LogP contribution in [0.3, 0.4) is 0 Å². The highest BCUT2D eigenvalue weighted by molar-refractivity contribution is 5.94. The number of anilines is 2. The van der Waals surface area contributed by atoms with Crippen molar-refractivity contribution in [3.63, 3.8) is 0 Å². The van der Waals surface area contributed by atoms with Crippen LogP contribution in [0, 0.1) is 5.92 Å². The van der Waals surface area contributed by atoms with Crippen LogP contribution < -0.4 is 10.6 Å². The Morgan fingerprint density at radius 3 is 2.24 bits per heavy atom. The summed E-state index contributed by atoms with van der Waals surface area (Å²) in [5.74, 6) is -0.161. The Hall–Kier alpha value is -2.45. The fourth-order valence-corrected chi connectivity index (χ4v) is 3.05. The number of amides is 2. The van der Waals surface area contributed by atoms with Gasteiger partial charge in [-0.1, -0.05) is 12.1 Å². The molecule has 29 heavy (non-hydrogen) atoms. The molecule has 162 valence electrons. The average Bonchev–Trinajstić information content (AvgIpc) is 2.59. The standard InChI is InChI=1S/C20H28F3N3O3/c1-19(2,3)29-18(28)26-10-8-14(9-11-26)12-17(27)25-16-7-5-4-6-15(16)24-13-20(21,22)23/h4-7,14,24H,8-13H2,1-3H3,(H,25,27). The van der Waals surface area contributed by atoms with Crippen molar-refractivity contribution >= 4 is 23.4 Å². The van der Waals surface area contributed by atoms with Crippen molar-refractivity contribution in [2.24, 2.45) is 5.92 Å². The van der Waals surface area contributed by atoms with Gasteiger partial charge < -0.3 is 20.3 Å². The summed E-state index contributed by atoms with van der Waals surface area (Å²) in [5.41, 5.74) is -0.0210. The zero-order valence-electron chi connectivity index (χ0n) is 16.9. The molecule has 1 aliphatic rings. The Morgan fingerprint density at radius 2 is 1.69 bits per heavy atom. The summed E-state index contributed by atoms with van der Waals surface area (Å²) in [4.78, 5) is 26.1. The molecule has 1 aromatic rings. The van der Waals surface area contributed by atoms with Crippen molar-refractivity contribution in [3.8, 4) is 0 Å².